The average Bonchev–Trinajstić information content (AvgIpc) is 2.37. The summed E-state index contributed by atoms with van der Waals surface area (Å²) in [6.45, 7) is 11.9. The standard InChI is InChI=1S/C14H24N2O3/c1-4-6-16(7-5-2)14(18)10-15-8-12(3)19-13(9-15)11-17/h4-5,12-13,17H,1-2,6-11H2,3H3. The first-order chi connectivity index (χ1) is 9.10. The van der Waals surface area contributed by atoms with Gasteiger partial charge in [-0.25, -0.2) is 0 Å². The Kier molecular flexibility index (Phi) is 6.77. The van der Waals surface area contributed by atoms with Crippen molar-refractivity contribution in [3.63, 3.8) is 0 Å². The van der Waals surface area contributed by atoms with Crippen molar-refractivity contribution in [2.75, 3.05) is 39.3 Å². The second kappa shape index (κ2) is 8.09. The maximum atomic E-state index is 12.2. The Morgan fingerprint density at radius 2 is 2.05 bits per heavy atom. The molecule has 2 atom stereocenters. The van der Waals surface area contributed by atoms with E-state index in [1.165, 1.54) is 0 Å². The van der Waals surface area contributed by atoms with Gasteiger partial charge in [-0.3, -0.25) is 9.69 Å². The van der Waals surface area contributed by atoms with Crippen LogP contribution in [-0.4, -0.2) is 72.4 Å². The van der Waals surface area contributed by atoms with Crippen LogP contribution in [0.25, 0.3) is 0 Å². The maximum Gasteiger partial charge on any atom is 0.237 e. The second-order valence-electron chi connectivity index (χ2n) is 4.82. The Labute approximate surface area is 115 Å². The van der Waals surface area contributed by atoms with Crippen molar-refractivity contribution in [2.24, 2.45) is 0 Å². The lowest BCUT2D eigenvalue weighted by Crippen LogP contribution is -2.51. The summed E-state index contributed by atoms with van der Waals surface area (Å²) in [7, 11) is 0. The van der Waals surface area contributed by atoms with Crippen LogP contribution in [0.3, 0.4) is 0 Å². The number of hydrogen-bond acceptors (Lipinski definition) is 4. The minimum atomic E-state index is -0.205. The molecule has 19 heavy (non-hydrogen) atoms. The lowest BCUT2D eigenvalue weighted by atomic mass is 10.2. The van der Waals surface area contributed by atoms with Gasteiger partial charge in [0.05, 0.1) is 25.4 Å². The molecule has 0 saturated carbocycles. The van der Waals surface area contributed by atoms with Gasteiger partial charge in [0, 0.05) is 26.2 Å². The molecule has 108 valence electrons. The molecule has 1 aliphatic heterocycles. The smallest absolute Gasteiger partial charge is 0.237 e. The third kappa shape index (κ3) is 5.14. The highest BCUT2D eigenvalue weighted by Crippen LogP contribution is 2.11. The molecule has 1 N–H and O–H groups in total. The molecular formula is C14H24N2O3. The molecule has 1 aliphatic rings. The van der Waals surface area contributed by atoms with Crippen LogP contribution in [-0.2, 0) is 9.53 Å². The predicted octanol–water partition coefficient (Wildman–Crippen LogP) is 0.269. The van der Waals surface area contributed by atoms with Gasteiger partial charge in [0.15, 0.2) is 0 Å². The fraction of sp³-hybridized carbons (Fsp3) is 0.643. The van der Waals surface area contributed by atoms with Gasteiger partial charge in [-0.15, -0.1) is 13.2 Å². The van der Waals surface area contributed by atoms with Gasteiger partial charge in [0.2, 0.25) is 5.91 Å². The quantitative estimate of drug-likeness (QED) is 0.673. The largest absolute Gasteiger partial charge is 0.394 e. The van der Waals surface area contributed by atoms with Gasteiger partial charge in [-0.2, -0.15) is 0 Å². The van der Waals surface area contributed by atoms with Crippen LogP contribution >= 0.6 is 0 Å². The molecule has 0 spiro atoms. The zero-order valence-corrected chi connectivity index (χ0v) is 11.6. The zero-order valence-electron chi connectivity index (χ0n) is 11.6. The van der Waals surface area contributed by atoms with Gasteiger partial charge in [-0.05, 0) is 6.92 Å². The first-order valence-electron chi connectivity index (χ1n) is 6.59. The molecule has 1 heterocycles. The number of nitrogens with zero attached hydrogens (tertiary/aromatic N) is 2. The molecule has 0 aliphatic carbocycles. The van der Waals surface area contributed by atoms with Gasteiger partial charge in [0.25, 0.3) is 0 Å². The van der Waals surface area contributed by atoms with E-state index in [-0.39, 0.29) is 24.7 Å². The number of rotatable bonds is 7. The van der Waals surface area contributed by atoms with E-state index < -0.39 is 0 Å². The lowest BCUT2D eigenvalue weighted by molar-refractivity contribution is -0.136. The molecule has 0 aromatic heterocycles. The van der Waals surface area contributed by atoms with Gasteiger partial charge in [-0.1, -0.05) is 12.2 Å². The normalized spacial score (nSPS) is 23.9. The summed E-state index contributed by atoms with van der Waals surface area (Å²) in [5.41, 5.74) is 0. The molecule has 0 aromatic carbocycles. The summed E-state index contributed by atoms with van der Waals surface area (Å²) in [6, 6.07) is 0. The molecule has 2 unspecified atom stereocenters. The van der Waals surface area contributed by atoms with Gasteiger partial charge >= 0.3 is 0 Å². The molecule has 5 nitrogen and oxygen atoms in total. The van der Waals surface area contributed by atoms with E-state index in [2.05, 4.69) is 13.2 Å². The number of carbonyl (C=O) groups is 1. The topological polar surface area (TPSA) is 53.0 Å². The molecular weight excluding hydrogens is 244 g/mol. The number of aliphatic hydroxyl groups excluding tert-OH is 1. The highest BCUT2D eigenvalue weighted by atomic mass is 16.5. The van der Waals surface area contributed by atoms with Crippen LogP contribution in [0.4, 0.5) is 0 Å². The highest BCUT2D eigenvalue weighted by Gasteiger charge is 2.26. The zero-order chi connectivity index (χ0) is 14.3. The van der Waals surface area contributed by atoms with Crippen molar-refractivity contribution >= 4 is 5.91 Å². The number of morpholine rings is 1. The Bertz CT molecular complexity index is 310. The Morgan fingerprint density at radius 3 is 2.58 bits per heavy atom. The molecule has 0 bridgehead atoms. The van der Waals surface area contributed by atoms with Crippen molar-refractivity contribution in [3.8, 4) is 0 Å². The van der Waals surface area contributed by atoms with E-state index in [0.29, 0.717) is 32.7 Å². The van der Waals surface area contributed by atoms with Crippen molar-refractivity contribution in [1.29, 1.82) is 0 Å². The van der Waals surface area contributed by atoms with Crippen molar-refractivity contribution < 1.29 is 14.6 Å². The molecule has 1 rings (SSSR count). The minimum Gasteiger partial charge on any atom is -0.394 e. The van der Waals surface area contributed by atoms with E-state index in [9.17, 15) is 4.79 Å². The first-order valence-corrected chi connectivity index (χ1v) is 6.59. The summed E-state index contributed by atoms with van der Waals surface area (Å²) in [4.78, 5) is 15.9. The van der Waals surface area contributed by atoms with Crippen LogP contribution in [0, 0.1) is 0 Å². The average molecular weight is 268 g/mol. The van der Waals surface area contributed by atoms with E-state index in [0.717, 1.165) is 0 Å². The third-order valence-corrected chi connectivity index (χ3v) is 3.02. The maximum absolute atomic E-state index is 12.2. The summed E-state index contributed by atoms with van der Waals surface area (Å²) in [5.74, 6) is 0.0468. The number of carbonyl (C=O) groups excluding carboxylic acids is 1. The SMILES string of the molecule is C=CCN(CC=C)C(=O)CN1CC(C)OC(CO)C1. The second-order valence-corrected chi connectivity index (χ2v) is 4.82. The molecule has 1 saturated heterocycles. The van der Waals surface area contributed by atoms with Crippen LogP contribution in [0.2, 0.25) is 0 Å². The van der Waals surface area contributed by atoms with E-state index in [1.807, 2.05) is 11.8 Å². The van der Waals surface area contributed by atoms with Gasteiger partial charge in [0.1, 0.15) is 0 Å². The van der Waals surface area contributed by atoms with E-state index in [4.69, 9.17) is 9.84 Å². The third-order valence-electron chi connectivity index (χ3n) is 3.02. The summed E-state index contributed by atoms with van der Waals surface area (Å²) >= 11 is 0. The molecule has 0 radical (unpaired) electrons. The van der Waals surface area contributed by atoms with Crippen LogP contribution in [0.1, 0.15) is 6.92 Å². The molecule has 5 heteroatoms. The lowest BCUT2D eigenvalue weighted by Gasteiger charge is -2.36. The van der Waals surface area contributed by atoms with E-state index in [1.54, 1.807) is 17.1 Å². The molecule has 0 aromatic rings. The molecule has 1 fully saturated rings. The number of hydrogen-bond donors (Lipinski definition) is 1. The predicted molar refractivity (Wildman–Crippen MR) is 74.8 cm³/mol. The number of amides is 1. The molecule has 1 amide bonds. The monoisotopic (exact) mass is 268 g/mol. The first kappa shape index (κ1) is 15.9. The van der Waals surface area contributed by atoms with Crippen LogP contribution in [0.15, 0.2) is 25.3 Å². The summed E-state index contributed by atoms with van der Waals surface area (Å²) in [5, 5.41) is 9.16. The van der Waals surface area contributed by atoms with Crippen molar-refractivity contribution in [3.05, 3.63) is 25.3 Å². The Morgan fingerprint density at radius 1 is 1.42 bits per heavy atom. The Balaban J connectivity index is 2.53. The highest BCUT2D eigenvalue weighted by molar-refractivity contribution is 5.78. The fourth-order valence-corrected chi connectivity index (χ4v) is 2.25. The fourth-order valence-electron chi connectivity index (χ4n) is 2.25. The van der Waals surface area contributed by atoms with E-state index >= 15 is 0 Å². The number of ether oxygens (including phenoxy) is 1. The van der Waals surface area contributed by atoms with Gasteiger partial charge < -0.3 is 14.7 Å². The van der Waals surface area contributed by atoms with Crippen LogP contribution < -0.4 is 0 Å². The Hall–Kier alpha value is -1.17. The van der Waals surface area contributed by atoms with Crippen molar-refractivity contribution in [1.82, 2.24) is 9.80 Å². The van der Waals surface area contributed by atoms with Crippen molar-refractivity contribution in [2.45, 2.75) is 19.1 Å². The van der Waals surface area contributed by atoms with Crippen LogP contribution in [0.5, 0.6) is 0 Å². The number of aliphatic hydroxyl groups is 1. The summed E-state index contributed by atoms with van der Waals surface area (Å²) < 4.78 is 5.55. The summed E-state index contributed by atoms with van der Waals surface area (Å²) in [6.07, 6.45) is 3.24. The minimum absolute atomic E-state index is 0.0158.